The molecule has 0 fully saturated rings. The van der Waals surface area contributed by atoms with Crippen LogP contribution < -0.4 is 0 Å². The molecule has 0 unspecified atom stereocenters. The van der Waals surface area contributed by atoms with Gasteiger partial charge >= 0.3 is 0 Å². The molecule has 0 saturated heterocycles. The van der Waals surface area contributed by atoms with E-state index in [0.717, 1.165) is 0 Å². The standard InChI is InChI=1S/C3H5NS.C3H3N/c4-2-1-3-5;1-2-3-4/h5H,1,3H2;2H,1H2. The van der Waals surface area contributed by atoms with Crippen LogP contribution in [0.15, 0.2) is 12.7 Å². The van der Waals surface area contributed by atoms with Crippen LogP contribution in [0.25, 0.3) is 0 Å². The average Bonchev–Trinajstić information content (AvgIpc) is 1.91. The number of thiol groups is 1. The van der Waals surface area contributed by atoms with Crippen molar-refractivity contribution >= 4 is 12.6 Å². The van der Waals surface area contributed by atoms with E-state index in [2.05, 4.69) is 19.2 Å². The van der Waals surface area contributed by atoms with Gasteiger partial charge in [-0.1, -0.05) is 6.58 Å². The van der Waals surface area contributed by atoms with Crippen LogP contribution in [0.3, 0.4) is 0 Å². The SMILES string of the molecule is C=CC#N.N#CCCS. The zero-order valence-corrected chi connectivity index (χ0v) is 5.93. The second-order valence-corrected chi connectivity index (χ2v) is 1.41. The highest BCUT2D eigenvalue weighted by Gasteiger charge is 1.66. The fourth-order valence-corrected chi connectivity index (χ4v) is 0.150. The third-order valence-corrected chi connectivity index (χ3v) is 0.539. The summed E-state index contributed by atoms with van der Waals surface area (Å²) in [5, 5.41) is 15.3. The summed E-state index contributed by atoms with van der Waals surface area (Å²) in [5.74, 6) is 0.677. The zero-order chi connectivity index (χ0) is 7.54. The van der Waals surface area contributed by atoms with E-state index in [1.54, 1.807) is 6.07 Å². The number of hydrogen-bond acceptors (Lipinski definition) is 3. The highest BCUT2D eigenvalue weighted by molar-refractivity contribution is 7.80. The molecule has 0 aromatic rings. The molecule has 0 aliphatic carbocycles. The molecule has 0 radical (unpaired) electrons. The largest absolute Gasteiger partial charge is 0.198 e. The maximum Gasteiger partial charge on any atom is 0.0905 e. The lowest BCUT2D eigenvalue weighted by Crippen LogP contribution is -1.61. The average molecular weight is 140 g/mol. The maximum atomic E-state index is 7.77. The van der Waals surface area contributed by atoms with Crippen LogP contribution in [0, 0.1) is 22.7 Å². The van der Waals surface area contributed by atoms with Crippen molar-refractivity contribution < 1.29 is 0 Å². The van der Waals surface area contributed by atoms with Crippen molar-refractivity contribution in [1.29, 1.82) is 10.5 Å². The van der Waals surface area contributed by atoms with E-state index in [4.69, 9.17) is 10.5 Å². The van der Waals surface area contributed by atoms with Gasteiger partial charge in [-0.25, -0.2) is 0 Å². The Morgan fingerprint density at radius 3 is 2.00 bits per heavy atom. The summed E-state index contributed by atoms with van der Waals surface area (Å²) in [7, 11) is 0. The molecule has 48 valence electrons. The summed E-state index contributed by atoms with van der Waals surface area (Å²) >= 11 is 3.78. The van der Waals surface area contributed by atoms with Crippen molar-refractivity contribution in [3.63, 3.8) is 0 Å². The van der Waals surface area contributed by atoms with Crippen LogP contribution in [-0.2, 0) is 0 Å². The van der Waals surface area contributed by atoms with E-state index in [-0.39, 0.29) is 0 Å². The molecule has 0 aliphatic heterocycles. The Bertz CT molecular complexity index is 129. The maximum absolute atomic E-state index is 7.77. The normalized spacial score (nSPS) is 5.22. The summed E-state index contributed by atoms with van der Waals surface area (Å²) in [4.78, 5) is 0. The van der Waals surface area contributed by atoms with Crippen molar-refractivity contribution in [3.8, 4) is 12.1 Å². The molecule has 3 heteroatoms. The highest BCUT2D eigenvalue weighted by Crippen LogP contribution is 1.75. The molecule has 0 bridgehead atoms. The Hall–Kier alpha value is -0.930. The van der Waals surface area contributed by atoms with Crippen molar-refractivity contribution in [2.75, 3.05) is 5.75 Å². The minimum absolute atomic E-state index is 0.559. The first-order valence-corrected chi connectivity index (χ1v) is 2.95. The number of nitrogens with zero attached hydrogens (tertiary/aromatic N) is 2. The third-order valence-electron chi connectivity index (χ3n) is 0.315. The summed E-state index contributed by atoms with van der Waals surface area (Å²) in [6.45, 7) is 3.12. The first kappa shape index (κ1) is 10.9. The van der Waals surface area contributed by atoms with Crippen LogP contribution in [-0.4, -0.2) is 5.75 Å². The third kappa shape index (κ3) is 42.4. The van der Waals surface area contributed by atoms with Gasteiger partial charge in [0, 0.05) is 18.2 Å². The number of allylic oxidation sites excluding steroid dienone is 1. The molecule has 0 heterocycles. The molecular weight excluding hydrogens is 132 g/mol. The predicted molar refractivity (Wildman–Crippen MR) is 39.9 cm³/mol. The number of nitriles is 2. The quantitative estimate of drug-likeness (QED) is 0.443. The Labute approximate surface area is 60.8 Å². The Balaban J connectivity index is 0. The molecule has 0 amide bonds. The molecule has 9 heavy (non-hydrogen) atoms. The summed E-state index contributed by atoms with van der Waals surface area (Å²) in [6.07, 6.45) is 1.74. The second kappa shape index (κ2) is 15.7. The van der Waals surface area contributed by atoms with Crippen LogP contribution in [0.2, 0.25) is 0 Å². The lowest BCUT2D eigenvalue weighted by molar-refractivity contribution is 1.25. The fraction of sp³-hybridized carbons (Fsp3) is 0.333. The summed E-state index contributed by atoms with van der Waals surface area (Å²) in [5.41, 5.74) is 0. The Morgan fingerprint density at radius 2 is 2.00 bits per heavy atom. The first-order valence-electron chi connectivity index (χ1n) is 2.31. The van der Waals surface area contributed by atoms with E-state index < -0.39 is 0 Å². The van der Waals surface area contributed by atoms with E-state index in [1.807, 2.05) is 6.07 Å². The molecule has 0 atom stereocenters. The molecule has 0 spiro atoms. The van der Waals surface area contributed by atoms with Gasteiger partial charge in [-0.05, 0) is 0 Å². The summed E-state index contributed by atoms with van der Waals surface area (Å²) in [6, 6.07) is 3.64. The molecule has 2 nitrogen and oxygen atoms in total. The van der Waals surface area contributed by atoms with Crippen LogP contribution >= 0.6 is 12.6 Å². The van der Waals surface area contributed by atoms with Gasteiger partial charge in [0.15, 0.2) is 0 Å². The number of rotatable bonds is 1. The molecule has 0 aliphatic rings. The molecule has 0 aromatic carbocycles. The van der Waals surface area contributed by atoms with Gasteiger partial charge in [0.25, 0.3) is 0 Å². The van der Waals surface area contributed by atoms with Gasteiger partial charge in [-0.3, -0.25) is 0 Å². The van der Waals surface area contributed by atoms with Crippen molar-refractivity contribution in [2.24, 2.45) is 0 Å². The molecule has 0 aromatic heterocycles. The lowest BCUT2D eigenvalue weighted by Gasteiger charge is -1.65. The van der Waals surface area contributed by atoms with E-state index in [0.29, 0.717) is 12.2 Å². The van der Waals surface area contributed by atoms with Gasteiger partial charge in [0.05, 0.1) is 12.1 Å². The Morgan fingerprint density at radius 1 is 1.56 bits per heavy atom. The van der Waals surface area contributed by atoms with E-state index in [9.17, 15) is 0 Å². The van der Waals surface area contributed by atoms with Gasteiger partial charge in [0.1, 0.15) is 0 Å². The van der Waals surface area contributed by atoms with E-state index >= 15 is 0 Å². The van der Waals surface area contributed by atoms with Gasteiger partial charge < -0.3 is 0 Å². The molecule has 0 rings (SSSR count). The molecular formula is C6H8N2S. The van der Waals surface area contributed by atoms with Crippen molar-refractivity contribution in [2.45, 2.75) is 6.42 Å². The highest BCUT2D eigenvalue weighted by atomic mass is 32.1. The van der Waals surface area contributed by atoms with Gasteiger partial charge in [-0.2, -0.15) is 23.2 Å². The second-order valence-electron chi connectivity index (χ2n) is 0.965. The molecule has 0 saturated carbocycles. The zero-order valence-electron chi connectivity index (χ0n) is 5.04. The first-order chi connectivity index (χ1) is 4.33. The lowest BCUT2D eigenvalue weighted by atomic mass is 10.6. The van der Waals surface area contributed by atoms with Crippen LogP contribution in [0.1, 0.15) is 6.42 Å². The molecule has 0 N–H and O–H groups in total. The van der Waals surface area contributed by atoms with Crippen LogP contribution in [0.4, 0.5) is 0 Å². The van der Waals surface area contributed by atoms with Gasteiger partial charge in [-0.15, -0.1) is 0 Å². The topological polar surface area (TPSA) is 47.6 Å². The minimum Gasteiger partial charge on any atom is -0.198 e. The fourth-order valence-electron chi connectivity index (χ4n) is 0.0500. The monoisotopic (exact) mass is 140 g/mol. The Kier molecular flexibility index (Phi) is 19.1. The minimum atomic E-state index is 0.559. The number of hydrogen-bond donors (Lipinski definition) is 1. The summed E-state index contributed by atoms with van der Waals surface area (Å²) < 4.78 is 0. The van der Waals surface area contributed by atoms with E-state index in [1.165, 1.54) is 6.08 Å². The predicted octanol–water partition coefficient (Wildman–Crippen LogP) is 1.53. The smallest absolute Gasteiger partial charge is 0.0905 e. The van der Waals surface area contributed by atoms with Gasteiger partial charge in [0.2, 0.25) is 0 Å². The van der Waals surface area contributed by atoms with Crippen molar-refractivity contribution in [3.05, 3.63) is 12.7 Å². The van der Waals surface area contributed by atoms with Crippen molar-refractivity contribution in [1.82, 2.24) is 0 Å². The van der Waals surface area contributed by atoms with Crippen LogP contribution in [0.5, 0.6) is 0 Å².